The number of benzene rings is 1. The van der Waals surface area contributed by atoms with Crippen LogP contribution in [0.25, 0.3) is 10.7 Å². The number of carboxylic acids is 1. The number of carboxylic acid groups (broad SMARTS) is 1. The van der Waals surface area contributed by atoms with E-state index >= 15 is 0 Å². The minimum Gasteiger partial charge on any atom is -0.480 e. The van der Waals surface area contributed by atoms with Crippen molar-refractivity contribution in [1.29, 1.82) is 0 Å². The van der Waals surface area contributed by atoms with E-state index in [4.69, 9.17) is 5.11 Å². The van der Waals surface area contributed by atoms with Gasteiger partial charge in [0, 0.05) is 43.7 Å². The molecule has 2 aromatic heterocycles. The van der Waals surface area contributed by atoms with E-state index in [1.165, 1.54) is 22.4 Å². The standard InChI is InChI=1S/C20H17F6N7O2S/c21-19(22,23)12-1-2-13(20(24,25)26)14(3-12)31-5-10-7-32(8-11(10)6-31)18-27-4-15(36-18)17-28-30-33(29-17)9-16(34)35/h1-4,10-11H,5-9H2,(H,34,35). The second kappa shape index (κ2) is 8.60. The number of aromatic nitrogens is 5. The summed E-state index contributed by atoms with van der Waals surface area (Å²) in [4.78, 5) is 20.0. The zero-order chi connectivity index (χ0) is 25.8. The number of rotatable bonds is 5. The molecule has 0 amide bonds. The molecule has 0 bridgehead atoms. The Morgan fingerprint density at radius 3 is 2.31 bits per heavy atom. The monoisotopic (exact) mass is 533 g/mol. The van der Waals surface area contributed by atoms with E-state index in [0.29, 0.717) is 41.3 Å². The highest BCUT2D eigenvalue weighted by atomic mass is 32.1. The van der Waals surface area contributed by atoms with Crippen LogP contribution >= 0.6 is 11.3 Å². The Morgan fingerprint density at radius 1 is 1.03 bits per heavy atom. The van der Waals surface area contributed by atoms with Gasteiger partial charge in [0.15, 0.2) is 11.7 Å². The van der Waals surface area contributed by atoms with Crippen LogP contribution in [0.1, 0.15) is 11.1 Å². The number of fused-ring (bicyclic) bond motifs is 1. The Bertz CT molecular complexity index is 1280. The van der Waals surface area contributed by atoms with Gasteiger partial charge in [0.05, 0.1) is 22.2 Å². The molecule has 1 N–H and O–H groups in total. The predicted molar refractivity (Wildman–Crippen MR) is 114 cm³/mol. The van der Waals surface area contributed by atoms with E-state index in [1.54, 1.807) is 0 Å². The van der Waals surface area contributed by atoms with Crippen LogP contribution < -0.4 is 9.80 Å². The number of tetrazole rings is 1. The lowest BCUT2D eigenvalue weighted by atomic mass is 10.0. The highest BCUT2D eigenvalue weighted by Crippen LogP contribution is 2.44. The van der Waals surface area contributed by atoms with Gasteiger partial charge in [-0.2, -0.15) is 31.1 Å². The zero-order valence-electron chi connectivity index (χ0n) is 18.2. The number of thiazole rings is 1. The Kier molecular flexibility index (Phi) is 5.80. The fraction of sp³-hybridized carbons (Fsp3) is 0.450. The van der Waals surface area contributed by atoms with Crippen LogP contribution in [0.4, 0.5) is 37.2 Å². The van der Waals surface area contributed by atoms with Gasteiger partial charge < -0.3 is 14.9 Å². The lowest BCUT2D eigenvalue weighted by Gasteiger charge is -2.26. The molecule has 0 aliphatic carbocycles. The van der Waals surface area contributed by atoms with Crippen LogP contribution in [0.15, 0.2) is 24.4 Å². The second-order valence-corrected chi connectivity index (χ2v) is 9.61. The van der Waals surface area contributed by atoms with Gasteiger partial charge in [0.2, 0.25) is 5.82 Å². The molecule has 2 aliphatic rings. The molecule has 3 aromatic rings. The van der Waals surface area contributed by atoms with Crippen molar-refractivity contribution in [2.75, 3.05) is 36.0 Å². The number of aliphatic carboxylic acids is 1. The van der Waals surface area contributed by atoms with Crippen molar-refractivity contribution in [1.82, 2.24) is 25.2 Å². The molecule has 0 saturated carbocycles. The number of hydrogen-bond acceptors (Lipinski definition) is 8. The van der Waals surface area contributed by atoms with Crippen molar-refractivity contribution in [2.45, 2.75) is 18.9 Å². The third kappa shape index (κ3) is 4.68. The van der Waals surface area contributed by atoms with Crippen LogP contribution in [0, 0.1) is 11.8 Å². The summed E-state index contributed by atoms with van der Waals surface area (Å²) >= 11 is 1.26. The number of hydrogen-bond donors (Lipinski definition) is 1. The third-order valence-corrected chi connectivity index (χ3v) is 7.23. The smallest absolute Gasteiger partial charge is 0.418 e. The maximum atomic E-state index is 13.5. The summed E-state index contributed by atoms with van der Waals surface area (Å²) in [6, 6.07) is 1.54. The van der Waals surface area contributed by atoms with Crippen molar-refractivity contribution < 1.29 is 36.2 Å². The SMILES string of the molecule is O=C(O)Cn1nnc(-c2cnc(N3CC4CN(c5cc(C(F)(F)F)ccc5C(F)(F)F)CC4C3)s2)n1. The van der Waals surface area contributed by atoms with Crippen molar-refractivity contribution in [3.05, 3.63) is 35.5 Å². The van der Waals surface area contributed by atoms with Gasteiger partial charge in [-0.15, -0.1) is 10.2 Å². The first kappa shape index (κ1) is 24.3. The fourth-order valence-electron chi connectivity index (χ4n) is 4.60. The Balaban J connectivity index is 1.30. The minimum atomic E-state index is -4.78. The molecule has 2 fully saturated rings. The summed E-state index contributed by atoms with van der Waals surface area (Å²) in [6.07, 6.45) is -8.00. The molecule has 4 heterocycles. The number of halogens is 6. The van der Waals surface area contributed by atoms with E-state index in [2.05, 4.69) is 20.4 Å². The van der Waals surface area contributed by atoms with Crippen molar-refractivity contribution in [3.8, 4) is 10.7 Å². The molecule has 0 spiro atoms. The van der Waals surface area contributed by atoms with Crippen LogP contribution in [0.5, 0.6) is 0 Å². The van der Waals surface area contributed by atoms with E-state index in [-0.39, 0.29) is 30.7 Å². The number of nitrogens with zero attached hydrogens (tertiary/aromatic N) is 7. The summed E-state index contributed by atoms with van der Waals surface area (Å²) in [6.45, 7) is 0.900. The fourth-order valence-corrected chi connectivity index (χ4v) is 5.46. The topological polar surface area (TPSA) is 100 Å². The summed E-state index contributed by atoms with van der Waals surface area (Å²) in [5, 5.41) is 20.9. The zero-order valence-corrected chi connectivity index (χ0v) is 19.0. The van der Waals surface area contributed by atoms with Crippen molar-refractivity contribution >= 4 is 28.1 Å². The van der Waals surface area contributed by atoms with Gasteiger partial charge in [0.1, 0.15) is 0 Å². The molecule has 16 heteroatoms. The Morgan fingerprint density at radius 2 is 1.69 bits per heavy atom. The molecule has 36 heavy (non-hydrogen) atoms. The number of carbonyl (C=O) groups is 1. The molecule has 0 radical (unpaired) electrons. The van der Waals surface area contributed by atoms with Crippen LogP contribution in [0.2, 0.25) is 0 Å². The summed E-state index contributed by atoms with van der Waals surface area (Å²) < 4.78 is 80.2. The Labute approximate surface area is 202 Å². The molecule has 5 rings (SSSR count). The average molecular weight is 533 g/mol. The highest BCUT2D eigenvalue weighted by molar-refractivity contribution is 7.18. The van der Waals surface area contributed by atoms with Crippen LogP contribution in [-0.4, -0.2) is 62.4 Å². The van der Waals surface area contributed by atoms with Gasteiger partial charge in [-0.3, -0.25) is 4.79 Å². The third-order valence-electron chi connectivity index (χ3n) is 6.17. The first-order chi connectivity index (χ1) is 16.9. The maximum Gasteiger partial charge on any atom is 0.418 e. The summed E-state index contributed by atoms with van der Waals surface area (Å²) in [7, 11) is 0. The van der Waals surface area contributed by atoms with E-state index in [9.17, 15) is 31.1 Å². The molecule has 2 aliphatic heterocycles. The number of anilines is 2. The molecule has 192 valence electrons. The first-order valence-corrected chi connectivity index (χ1v) is 11.4. The van der Waals surface area contributed by atoms with E-state index in [1.807, 2.05) is 4.90 Å². The summed E-state index contributed by atoms with van der Waals surface area (Å²) in [5.74, 6) is -1.01. The molecule has 9 nitrogen and oxygen atoms in total. The maximum absolute atomic E-state index is 13.5. The second-order valence-electron chi connectivity index (χ2n) is 8.60. The van der Waals surface area contributed by atoms with Crippen molar-refractivity contribution in [3.63, 3.8) is 0 Å². The molecular weight excluding hydrogens is 516 g/mol. The normalized spacial score (nSPS) is 20.3. The molecule has 2 unspecified atom stereocenters. The van der Waals surface area contributed by atoms with E-state index in [0.717, 1.165) is 4.80 Å². The van der Waals surface area contributed by atoms with Gasteiger partial charge in [-0.1, -0.05) is 11.3 Å². The molecule has 1 aromatic carbocycles. The van der Waals surface area contributed by atoms with Gasteiger partial charge in [-0.05, 0) is 23.4 Å². The largest absolute Gasteiger partial charge is 0.480 e. The predicted octanol–water partition coefficient (Wildman–Crippen LogP) is 3.49. The molecule has 2 atom stereocenters. The lowest BCUT2D eigenvalue weighted by molar-refractivity contribution is -0.141. The molecular formula is C20H17F6N7O2S. The van der Waals surface area contributed by atoms with Crippen molar-refractivity contribution in [2.24, 2.45) is 11.8 Å². The van der Waals surface area contributed by atoms with Crippen LogP contribution in [0.3, 0.4) is 0 Å². The summed E-state index contributed by atoms with van der Waals surface area (Å²) in [5.41, 5.74) is -2.65. The quantitative estimate of drug-likeness (QED) is 0.498. The van der Waals surface area contributed by atoms with Crippen LogP contribution in [-0.2, 0) is 23.7 Å². The van der Waals surface area contributed by atoms with E-state index < -0.39 is 41.7 Å². The lowest BCUT2D eigenvalue weighted by Crippen LogP contribution is -2.30. The van der Waals surface area contributed by atoms with Gasteiger partial charge >= 0.3 is 18.3 Å². The first-order valence-electron chi connectivity index (χ1n) is 10.6. The van der Waals surface area contributed by atoms with Gasteiger partial charge in [-0.25, -0.2) is 4.98 Å². The van der Waals surface area contributed by atoms with Gasteiger partial charge in [0.25, 0.3) is 0 Å². The number of alkyl halides is 6. The molecule has 2 saturated heterocycles. The average Bonchev–Trinajstić information content (AvgIpc) is 3.54. The Hall–Kier alpha value is -3.43. The highest BCUT2D eigenvalue weighted by Gasteiger charge is 2.44. The minimum absolute atomic E-state index is 0.0532.